The Balaban J connectivity index is 2.71. The summed E-state index contributed by atoms with van der Waals surface area (Å²) in [5.74, 6) is -1.27. The molecule has 1 rings (SSSR count). The van der Waals surface area contributed by atoms with Gasteiger partial charge >= 0.3 is 5.97 Å². The normalized spacial score (nSPS) is 12.8. The zero-order valence-electron chi connectivity index (χ0n) is 12.4. The van der Waals surface area contributed by atoms with Gasteiger partial charge in [0.15, 0.2) is 0 Å². The predicted octanol–water partition coefficient (Wildman–Crippen LogP) is 3.24. The smallest absolute Gasteiger partial charge is 0.335 e. The van der Waals surface area contributed by atoms with Crippen LogP contribution in [0.5, 0.6) is 0 Å². The SMILES string of the molecule is CC(C)(C)CC(N)CC(=O)Nc1cc(C(=O)O)ccc1Br. The number of carboxylic acids is 1. The van der Waals surface area contributed by atoms with Crippen LogP contribution >= 0.6 is 15.9 Å². The number of nitrogens with two attached hydrogens (primary N) is 1. The number of halogens is 1. The van der Waals surface area contributed by atoms with Crippen LogP contribution in [0.2, 0.25) is 0 Å². The van der Waals surface area contributed by atoms with Gasteiger partial charge in [-0.3, -0.25) is 4.79 Å². The summed E-state index contributed by atoms with van der Waals surface area (Å²) in [6, 6.07) is 4.24. The summed E-state index contributed by atoms with van der Waals surface area (Å²) in [6.07, 6.45) is 0.928. The summed E-state index contributed by atoms with van der Waals surface area (Å²) in [4.78, 5) is 22.9. The molecule has 4 N–H and O–H groups in total. The van der Waals surface area contributed by atoms with Crippen molar-refractivity contribution in [3.05, 3.63) is 28.2 Å². The van der Waals surface area contributed by atoms with E-state index in [0.29, 0.717) is 10.2 Å². The van der Waals surface area contributed by atoms with E-state index in [4.69, 9.17) is 10.8 Å². The molecular weight excluding hydrogens is 336 g/mol. The molecule has 0 saturated carbocycles. The first-order valence-electron chi connectivity index (χ1n) is 6.67. The number of aromatic carboxylic acids is 1. The van der Waals surface area contributed by atoms with Crippen LogP contribution in [0.25, 0.3) is 0 Å². The van der Waals surface area contributed by atoms with E-state index in [1.165, 1.54) is 12.1 Å². The Morgan fingerprint density at radius 3 is 2.52 bits per heavy atom. The molecule has 6 heteroatoms. The molecule has 0 radical (unpaired) electrons. The number of carbonyl (C=O) groups is 2. The van der Waals surface area contributed by atoms with E-state index in [-0.39, 0.29) is 29.3 Å². The average Bonchev–Trinajstić information content (AvgIpc) is 2.28. The number of hydrogen-bond acceptors (Lipinski definition) is 3. The Hall–Kier alpha value is -1.40. The fourth-order valence-electron chi connectivity index (χ4n) is 2.05. The first-order valence-corrected chi connectivity index (χ1v) is 7.46. The first-order chi connectivity index (χ1) is 9.58. The lowest BCUT2D eigenvalue weighted by Crippen LogP contribution is -2.31. The van der Waals surface area contributed by atoms with Gasteiger partial charge in [0.25, 0.3) is 0 Å². The van der Waals surface area contributed by atoms with Gasteiger partial charge in [-0.05, 0) is 46.0 Å². The fourth-order valence-corrected chi connectivity index (χ4v) is 2.40. The van der Waals surface area contributed by atoms with Crippen molar-refractivity contribution in [1.82, 2.24) is 0 Å². The molecule has 1 unspecified atom stereocenters. The van der Waals surface area contributed by atoms with Gasteiger partial charge in [-0.15, -0.1) is 0 Å². The van der Waals surface area contributed by atoms with Crippen molar-refractivity contribution in [2.75, 3.05) is 5.32 Å². The average molecular weight is 357 g/mol. The van der Waals surface area contributed by atoms with Gasteiger partial charge in [-0.25, -0.2) is 4.79 Å². The number of benzene rings is 1. The molecule has 0 aliphatic heterocycles. The summed E-state index contributed by atoms with van der Waals surface area (Å²) in [6.45, 7) is 6.20. The molecular formula is C15H21BrN2O3. The zero-order chi connectivity index (χ0) is 16.2. The summed E-state index contributed by atoms with van der Waals surface area (Å²) in [7, 11) is 0. The number of nitrogens with one attached hydrogen (secondary N) is 1. The second-order valence-corrected chi connectivity index (χ2v) is 7.13. The van der Waals surface area contributed by atoms with Gasteiger partial charge < -0.3 is 16.2 Å². The van der Waals surface area contributed by atoms with E-state index in [0.717, 1.165) is 6.42 Å². The van der Waals surface area contributed by atoms with Gasteiger partial charge in [0.05, 0.1) is 11.3 Å². The van der Waals surface area contributed by atoms with E-state index >= 15 is 0 Å². The molecule has 1 aromatic rings. The highest BCUT2D eigenvalue weighted by molar-refractivity contribution is 9.10. The third-order valence-electron chi connectivity index (χ3n) is 2.81. The summed E-state index contributed by atoms with van der Waals surface area (Å²) in [5.41, 5.74) is 6.57. The molecule has 0 saturated heterocycles. The van der Waals surface area contributed by atoms with Crippen molar-refractivity contribution in [3.63, 3.8) is 0 Å². The van der Waals surface area contributed by atoms with Gasteiger partial charge in [0.2, 0.25) is 5.91 Å². The van der Waals surface area contributed by atoms with E-state index in [1.807, 2.05) is 0 Å². The van der Waals surface area contributed by atoms with Crippen LogP contribution < -0.4 is 11.1 Å². The van der Waals surface area contributed by atoms with Gasteiger partial charge in [-0.2, -0.15) is 0 Å². The van der Waals surface area contributed by atoms with Crippen LogP contribution in [0.3, 0.4) is 0 Å². The van der Waals surface area contributed by atoms with Gasteiger partial charge in [0.1, 0.15) is 0 Å². The molecule has 1 amide bonds. The highest BCUT2D eigenvalue weighted by Gasteiger charge is 2.18. The lowest BCUT2D eigenvalue weighted by atomic mass is 9.87. The van der Waals surface area contributed by atoms with E-state index < -0.39 is 5.97 Å². The van der Waals surface area contributed by atoms with Crippen LogP contribution in [-0.4, -0.2) is 23.0 Å². The van der Waals surface area contributed by atoms with Crippen molar-refractivity contribution < 1.29 is 14.7 Å². The topological polar surface area (TPSA) is 92.4 Å². The minimum absolute atomic E-state index is 0.0590. The Bertz CT molecular complexity index is 538. The molecule has 0 aliphatic carbocycles. The summed E-state index contributed by atoms with van der Waals surface area (Å²) < 4.78 is 0.630. The summed E-state index contributed by atoms with van der Waals surface area (Å²) in [5, 5.41) is 11.7. The number of anilines is 1. The lowest BCUT2D eigenvalue weighted by molar-refractivity contribution is -0.116. The number of amides is 1. The third kappa shape index (κ3) is 6.27. The number of rotatable bonds is 5. The Kier molecular flexibility index (Phi) is 5.92. The second-order valence-electron chi connectivity index (χ2n) is 6.28. The van der Waals surface area contributed by atoms with Crippen molar-refractivity contribution in [2.24, 2.45) is 11.1 Å². The number of carboxylic acid groups (broad SMARTS) is 1. The second kappa shape index (κ2) is 7.04. The highest BCUT2D eigenvalue weighted by Crippen LogP contribution is 2.25. The Morgan fingerprint density at radius 1 is 1.38 bits per heavy atom. The molecule has 0 aliphatic rings. The first kappa shape index (κ1) is 17.7. The standard InChI is InChI=1S/C15H21BrN2O3/c1-15(2,3)8-10(17)7-13(19)18-12-6-9(14(20)21)4-5-11(12)16/h4-6,10H,7-8,17H2,1-3H3,(H,18,19)(H,20,21). The number of carbonyl (C=O) groups excluding carboxylic acids is 1. The maximum atomic E-state index is 12.0. The fraction of sp³-hybridized carbons (Fsp3) is 0.467. The highest BCUT2D eigenvalue weighted by atomic mass is 79.9. The van der Waals surface area contributed by atoms with E-state index in [1.54, 1.807) is 6.07 Å². The quantitative estimate of drug-likeness (QED) is 0.754. The molecule has 1 aromatic carbocycles. The molecule has 0 fully saturated rings. The van der Waals surface area contributed by atoms with Crippen molar-refractivity contribution in [2.45, 2.75) is 39.7 Å². The molecule has 5 nitrogen and oxygen atoms in total. The van der Waals surface area contributed by atoms with Crippen molar-refractivity contribution >= 4 is 33.5 Å². The minimum atomic E-state index is -1.04. The molecule has 116 valence electrons. The molecule has 0 spiro atoms. The zero-order valence-corrected chi connectivity index (χ0v) is 14.0. The maximum Gasteiger partial charge on any atom is 0.335 e. The molecule has 1 atom stereocenters. The van der Waals surface area contributed by atoms with Gasteiger partial charge in [0, 0.05) is 16.9 Å². The number of hydrogen-bond donors (Lipinski definition) is 3. The Morgan fingerprint density at radius 2 is 2.00 bits per heavy atom. The monoisotopic (exact) mass is 356 g/mol. The third-order valence-corrected chi connectivity index (χ3v) is 3.50. The minimum Gasteiger partial charge on any atom is -0.478 e. The maximum absolute atomic E-state index is 12.0. The van der Waals surface area contributed by atoms with Crippen LogP contribution in [0.1, 0.15) is 44.0 Å². The van der Waals surface area contributed by atoms with Crippen LogP contribution in [0.4, 0.5) is 5.69 Å². The van der Waals surface area contributed by atoms with Crippen molar-refractivity contribution in [3.8, 4) is 0 Å². The molecule has 21 heavy (non-hydrogen) atoms. The predicted molar refractivity (Wildman–Crippen MR) is 86.4 cm³/mol. The van der Waals surface area contributed by atoms with E-state index in [9.17, 15) is 9.59 Å². The van der Waals surface area contributed by atoms with E-state index in [2.05, 4.69) is 42.0 Å². The lowest BCUT2D eigenvalue weighted by Gasteiger charge is -2.22. The van der Waals surface area contributed by atoms with Gasteiger partial charge in [-0.1, -0.05) is 20.8 Å². The molecule has 0 heterocycles. The van der Waals surface area contributed by atoms with Crippen LogP contribution in [0, 0.1) is 5.41 Å². The van der Waals surface area contributed by atoms with Crippen molar-refractivity contribution in [1.29, 1.82) is 0 Å². The Labute approximate surface area is 133 Å². The largest absolute Gasteiger partial charge is 0.478 e. The van der Waals surface area contributed by atoms with Crippen LogP contribution in [0.15, 0.2) is 22.7 Å². The molecule has 0 bridgehead atoms. The van der Waals surface area contributed by atoms with Crippen LogP contribution in [-0.2, 0) is 4.79 Å². The molecule has 0 aromatic heterocycles. The summed E-state index contributed by atoms with van der Waals surface area (Å²) >= 11 is 3.28.